The average Bonchev–Trinajstić information content (AvgIpc) is 2.69. The largest absolute Gasteiger partial charge is 0.463 e. The van der Waals surface area contributed by atoms with Crippen LogP contribution in [0, 0.1) is 0 Å². The summed E-state index contributed by atoms with van der Waals surface area (Å²) in [6, 6.07) is 4.46. The highest BCUT2D eigenvalue weighted by Gasteiger charge is 2.28. The second-order valence-electron chi connectivity index (χ2n) is 8.23. The number of esters is 3. The van der Waals surface area contributed by atoms with Gasteiger partial charge in [-0.1, -0.05) is 6.07 Å². The predicted octanol–water partition coefficient (Wildman–Crippen LogP) is 2.55. The summed E-state index contributed by atoms with van der Waals surface area (Å²) in [6.07, 6.45) is 2.79. The molecule has 1 aromatic rings. The monoisotopic (exact) mass is 464 g/mol. The zero-order chi connectivity index (χ0) is 25.3. The first kappa shape index (κ1) is 27.3. The van der Waals surface area contributed by atoms with E-state index >= 15 is 0 Å². The third kappa shape index (κ3) is 8.76. The molecule has 0 aliphatic rings. The molecule has 0 fully saturated rings. The normalized spacial score (nSPS) is 11.9. The maximum absolute atomic E-state index is 13.1. The second kappa shape index (κ2) is 11.8. The molecule has 1 rings (SSSR count). The number of carbonyl (C=O) groups excluding carboxylic acids is 3. The van der Waals surface area contributed by atoms with Crippen LogP contribution in [0.3, 0.4) is 0 Å². The van der Waals surface area contributed by atoms with Crippen LogP contribution in [-0.4, -0.2) is 75.7 Å². The van der Waals surface area contributed by atoms with Crippen LogP contribution >= 0.6 is 0 Å². The lowest BCUT2D eigenvalue weighted by molar-refractivity contribution is -0.139. The van der Waals surface area contributed by atoms with E-state index in [2.05, 4.69) is 0 Å². The maximum atomic E-state index is 13.1. The van der Waals surface area contributed by atoms with E-state index in [4.69, 9.17) is 23.7 Å². The van der Waals surface area contributed by atoms with Crippen LogP contribution in [-0.2, 0) is 23.8 Å². The Labute approximate surface area is 194 Å². The van der Waals surface area contributed by atoms with E-state index in [-0.39, 0.29) is 28.6 Å². The van der Waals surface area contributed by atoms with Gasteiger partial charge in [0.25, 0.3) is 0 Å². The van der Waals surface area contributed by atoms with E-state index in [1.807, 2.05) is 0 Å². The molecule has 0 heterocycles. The Kier molecular flexibility index (Phi) is 9.77. The minimum Gasteiger partial charge on any atom is -0.463 e. The molecule has 0 aromatic heterocycles. The Bertz CT molecular complexity index is 869. The van der Waals surface area contributed by atoms with Crippen LogP contribution in [0.2, 0.25) is 0 Å². The Balaban J connectivity index is 3.65. The average molecular weight is 465 g/mol. The Hall–Kier alpha value is -3.69. The van der Waals surface area contributed by atoms with Crippen molar-refractivity contribution in [1.82, 2.24) is 9.80 Å². The van der Waals surface area contributed by atoms with Gasteiger partial charge in [-0.3, -0.25) is 0 Å². The minimum atomic E-state index is -0.837. The van der Waals surface area contributed by atoms with Crippen LogP contribution in [0.25, 0.3) is 0 Å². The molecule has 0 radical (unpaired) electrons. The summed E-state index contributed by atoms with van der Waals surface area (Å²) in [5, 5.41) is 0. The molecule has 0 aliphatic heterocycles. The molecule has 182 valence electrons. The van der Waals surface area contributed by atoms with Gasteiger partial charge in [0.2, 0.25) is 11.5 Å². The van der Waals surface area contributed by atoms with Crippen molar-refractivity contribution in [2.45, 2.75) is 26.4 Å². The van der Waals surface area contributed by atoms with Gasteiger partial charge >= 0.3 is 17.9 Å². The standard InChI is InChI=1S/C23H32N2O8/c1-23(2,3)33-22(28)19-15(31-17(13-24(4)5)20(26)29-8)11-10-12-16(19)32-18(14-25(6)7)21(27)30-9/h10-14H,1-9H3. The van der Waals surface area contributed by atoms with Crippen molar-refractivity contribution in [3.63, 3.8) is 0 Å². The number of hydrogen-bond acceptors (Lipinski definition) is 10. The van der Waals surface area contributed by atoms with Crippen molar-refractivity contribution >= 4 is 17.9 Å². The molecule has 33 heavy (non-hydrogen) atoms. The molecule has 0 aliphatic carbocycles. The van der Waals surface area contributed by atoms with Crippen molar-refractivity contribution in [2.75, 3.05) is 42.4 Å². The van der Waals surface area contributed by atoms with Gasteiger partial charge in [0.05, 0.1) is 14.2 Å². The summed E-state index contributed by atoms with van der Waals surface area (Å²) in [5.41, 5.74) is -0.967. The molecule has 1 aromatic carbocycles. The second-order valence-corrected chi connectivity index (χ2v) is 8.23. The van der Waals surface area contributed by atoms with Crippen molar-refractivity contribution in [3.05, 3.63) is 47.7 Å². The Morgan fingerprint density at radius 1 is 0.788 bits per heavy atom. The number of nitrogens with zero attached hydrogens (tertiary/aromatic N) is 2. The van der Waals surface area contributed by atoms with E-state index in [0.717, 1.165) is 0 Å². The Morgan fingerprint density at radius 3 is 1.48 bits per heavy atom. The van der Waals surface area contributed by atoms with E-state index in [0.29, 0.717) is 0 Å². The SMILES string of the molecule is COC(=O)C(=CN(C)C)Oc1cccc(OC(=CN(C)C)C(=O)OC)c1C(=O)OC(C)(C)C. The summed E-state index contributed by atoms with van der Waals surface area (Å²) in [6.45, 7) is 5.10. The van der Waals surface area contributed by atoms with E-state index in [1.165, 1.54) is 44.8 Å². The van der Waals surface area contributed by atoms with Gasteiger partial charge in [0, 0.05) is 40.6 Å². The summed E-state index contributed by atoms with van der Waals surface area (Å²) < 4.78 is 26.6. The van der Waals surface area contributed by atoms with E-state index in [9.17, 15) is 14.4 Å². The van der Waals surface area contributed by atoms with Gasteiger partial charge < -0.3 is 33.5 Å². The fraction of sp³-hybridized carbons (Fsp3) is 0.435. The van der Waals surface area contributed by atoms with Crippen LogP contribution < -0.4 is 9.47 Å². The molecule has 0 amide bonds. The first-order valence-corrected chi connectivity index (χ1v) is 9.94. The minimum absolute atomic E-state index is 0.0330. The van der Waals surface area contributed by atoms with Crippen LogP contribution in [0.4, 0.5) is 0 Å². The fourth-order valence-corrected chi connectivity index (χ4v) is 2.36. The highest BCUT2D eigenvalue weighted by Crippen LogP contribution is 2.33. The lowest BCUT2D eigenvalue weighted by Gasteiger charge is -2.22. The van der Waals surface area contributed by atoms with Crippen molar-refractivity contribution in [3.8, 4) is 11.5 Å². The summed E-state index contributed by atoms with van der Waals surface area (Å²) >= 11 is 0. The third-order valence-corrected chi connectivity index (χ3v) is 3.55. The smallest absolute Gasteiger partial charge is 0.375 e. The van der Waals surface area contributed by atoms with Crippen molar-refractivity contribution < 1.29 is 38.1 Å². The molecule has 0 unspecified atom stereocenters. The quantitative estimate of drug-likeness (QED) is 0.234. The summed E-state index contributed by atoms with van der Waals surface area (Å²) in [4.78, 5) is 40.7. The number of carbonyl (C=O) groups is 3. The van der Waals surface area contributed by atoms with Crippen molar-refractivity contribution in [2.24, 2.45) is 0 Å². The third-order valence-electron chi connectivity index (χ3n) is 3.55. The molecule has 0 N–H and O–H groups in total. The molecule has 10 heteroatoms. The molecule has 10 nitrogen and oxygen atoms in total. The highest BCUT2D eigenvalue weighted by molar-refractivity contribution is 5.97. The first-order valence-electron chi connectivity index (χ1n) is 9.94. The summed E-state index contributed by atoms with van der Waals surface area (Å²) in [5.74, 6) is -2.72. The molecule has 0 bridgehead atoms. The molecule has 0 spiro atoms. The lowest BCUT2D eigenvalue weighted by atomic mass is 10.1. The highest BCUT2D eigenvalue weighted by atomic mass is 16.6. The van der Waals surface area contributed by atoms with Gasteiger partial charge in [-0.25, -0.2) is 14.4 Å². The van der Waals surface area contributed by atoms with Gasteiger partial charge in [0.15, 0.2) is 0 Å². The van der Waals surface area contributed by atoms with E-state index in [1.54, 1.807) is 58.8 Å². The number of rotatable bonds is 9. The number of ether oxygens (including phenoxy) is 5. The van der Waals surface area contributed by atoms with Gasteiger partial charge in [-0.15, -0.1) is 0 Å². The van der Waals surface area contributed by atoms with Gasteiger partial charge in [-0.05, 0) is 32.9 Å². The van der Waals surface area contributed by atoms with Gasteiger partial charge in [0.1, 0.15) is 22.7 Å². The number of hydrogen-bond donors (Lipinski definition) is 0. The van der Waals surface area contributed by atoms with Crippen LogP contribution in [0.5, 0.6) is 11.5 Å². The molecule has 0 atom stereocenters. The Morgan fingerprint density at radius 2 is 1.18 bits per heavy atom. The molecular formula is C23H32N2O8. The lowest BCUT2D eigenvalue weighted by Crippen LogP contribution is -2.25. The molecular weight excluding hydrogens is 432 g/mol. The zero-order valence-corrected chi connectivity index (χ0v) is 20.5. The van der Waals surface area contributed by atoms with E-state index < -0.39 is 23.5 Å². The van der Waals surface area contributed by atoms with Crippen LogP contribution in [0.15, 0.2) is 42.1 Å². The first-order chi connectivity index (χ1) is 15.3. The molecule has 0 saturated carbocycles. The van der Waals surface area contributed by atoms with Crippen molar-refractivity contribution in [1.29, 1.82) is 0 Å². The fourth-order valence-electron chi connectivity index (χ4n) is 2.36. The predicted molar refractivity (Wildman–Crippen MR) is 120 cm³/mol. The van der Waals surface area contributed by atoms with Gasteiger partial charge in [-0.2, -0.15) is 0 Å². The zero-order valence-electron chi connectivity index (χ0n) is 20.5. The topological polar surface area (TPSA) is 104 Å². The number of benzene rings is 1. The summed E-state index contributed by atoms with van der Waals surface area (Å²) in [7, 11) is 9.17. The molecule has 0 saturated heterocycles. The number of methoxy groups -OCH3 is 2. The van der Waals surface area contributed by atoms with Crippen LogP contribution in [0.1, 0.15) is 31.1 Å². The maximum Gasteiger partial charge on any atom is 0.375 e.